The zero-order valence-corrected chi connectivity index (χ0v) is 19.6. The molecule has 0 saturated heterocycles. The lowest BCUT2D eigenvalue weighted by molar-refractivity contribution is -0.0633. The van der Waals surface area contributed by atoms with Gasteiger partial charge in [-0.05, 0) is 96.9 Å². The summed E-state index contributed by atoms with van der Waals surface area (Å²) >= 11 is 0. The van der Waals surface area contributed by atoms with E-state index in [0.717, 1.165) is 36.2 Å². The van der Waals surface area contributed by atoms with E-state index in [9.17, 15) is 5.11 Å². The summed E-state index contributed by atoms with van der Waals surface area (Å²) in [6.07, 6.45) is 12.1. The first-order chi connectivity index (χ1) is 13.7. The highest BCUT2D eigenvalue weighted by atomic mass is 19.1. The van der Waals surface area contributed by atoms with Crippen molar-refractivity contribution in [3.8, 4) is 0 Å². The van der Waals surface area contributed by atoms with E-state index in [1.54, 1.807) is 0 Å². The Morgan fingerprint density at radius 1 is 0.966 bits per heavy atom. The summed E-state index contributed by atoms with van der Waals surface area (Å²) < 4.78 is 15.4. The van der Waals surface area contributed by atoms with Gasteiger partial charge in [-0.25, -0.2) is 4.39 Å². The number of hydrogen-bond donors (Lipinski definition) is 1. The van der Waals surface area contributed by atoms with Crippen LogP contribution in [0.3, 0.4) is 0 Å². The molecule has 1 unspecified atom stereocenters. The number of rotatable bonds is 5. The van der Waals surface area contributed by atoms with Crippen molar-refractivity contribution in [2.45, 2.75) is 111 Å². The number of aliphatic hydroxyl groups excluding tert-OH is 1. The Kier molecular flexibility index (Phi) is 5.99. The Balaban J connectivity index is 1.53. The van der Waals surface area contributed by atoms with Gasteiger partial charge in [-0.2, -0.15) is 0 Å². The van der Waals surface area contributed by atoms with Gasteiger partial charge in [0, 0.05) is 6.42 Å². The number of fused-ring (bicyclic) bond motifs is 5. The highest BCUT2D eigenvalue weighted by molar-refractivity contribution is 5.28. The molecule has 0 radical (unpaired) electrons. The van der Waals surface area contributed by atoms with E-state index in [2.05, 4.69) is 34.6 Å². The number of hydrogen-bond acceptors (Lipinski definition) is 1. The molecule has 4 aliphatic rings. The molecule has 0 aromatic rings. The van der Waals surface area contributed by atoms with Crippen LogP contribution in [-0.2, 0) is 0 Å². The van der Waals surface area contributed by atoms with Gasteiger partial charge in [0.25, 0.3) is 0 Å². The van der Waals surface area contributed by atoms with Gasteiger partial charge in [-0.3, -0.25) is 0 Å². The second-order valence-corrected chi connectivity index (χ2v) is 12.3. The standard InChI is InChI=1S/C27H45FO/c1-17(2)7-6-8-18(3)21-9-10-22-20-16-25(28)24-15-19(29)11-13-27(24,5)23(20)12-14-26(21,22)4/h17-23,29H,6-16H2,1-5H3/t18-,19?,20+,21-,22+,23+,26-,27-/m1/s1. The van der Waals surface area contributed by atoms with E-state index in [-0.39, 0.29) is 17.3 Å². The van der Waals surface area contributed by atoms with Gasteiger partial charge in [0.15, 0.2) is 0 Å². The van der Waals surface area contributed by atoms with E-state index < -0.39 is 0 Å². The maximum atomic E-state index is 15.4. The van der Waals surface area contributed by atoms with Crippen molar-refractivity contribution in [3.63, 3.8) is 0 Å². The summed E-state index contributed by atoms with van der Waals surface area (Å²) in [5.41, 5.74) is 1.42. The Hall–Kier alpha value is -0.370. The molecule has 3 saturated carbocycles. The van der Waals surface area contributed by atoms with Gasteiger partial charge in [0.2, 0.25) is 0 Å². The lowest BCUT2D eigenvalue weighted by Gasteiger charge is -2.58. The molecule has 0 aromatic carbocycles. The third-order valence-corrected chi connectivity index (χ3v) is 10.3. The van der Waals surface area contributed by atoms with Crippen LogP contribution >= 0.6 is 0 Å². The molecule has 4 aliphatic carbocycles. The smallest absolute Gasteiger partial charge is 0.100 e. The maximum Gasteiger partial charge on any atom is 0.100 e. The van der Waals surface area contributed by atoms with Crippen molar-refractivity contribution in [1.29, 1.82) is 0 Å². The first kappa shape index (κ1) is 21.8. The molecular formula is C27H45FO. The average Bonchev–Trinajstić information content (AvgIpc) is 3.00. The molecule has 29 heavy (non-hydrogen) atoms. The van der Waals surface area contributed by atoms with Crippen LogP contribution in [0.5, 0.6) is 0 Å². The average molecular weight is 405 g/mol. The van der Waals surface area contributed by atoms with Crippen molar-refractivity contribution < 1.29 is 9.50 Å². The highest BCUT2D eigenvalue weighted by Gasteiger charge is 2.60. The van der Waals surface area contributed by atoms with Gasteiger partial charge in [-0.1, -0.05) is 53.9 Å². The van der Waals surface area contributed by atoms with Crippen LogP contribution in [0.15, 0.2) is 11.4 Å². The van der Waals surface area contributed by atoms with Crippen molar-refractivity contribution in [3.05, 3.63) is 11.4 Å². The Morgan fingerprint density at radius 2 is 1.72 bits per heavy atom. The van der Waals surface area contributed by atoms with Gasteiger partial charge in [0.1, 0.15) is 5.83 Å². The summed E-state index contributed by atoms with van der Waals surface area (Å²) in [5.74, 6) is 4.48. The van der Waals surface area contributed by atoms with Crippen molar-refractivity contribution >= 4 is 0 Å². The Morgan fingerprint density at radius 3 is 2.45 bits per heavy atom. The van der Waals surface area contributed by atoms with Gasteiger partial charge < -0.3 is 5.11 Å². The molecule has 0 bridgehead atoms. The quantitative estimate of drug-likeness (QED) is 0.498. The second-order valence-electron chi connectivity index (χ2n) is 12.3. The van der Waals surface area contributed by atoms with Crippen LogP contribution in [0, 0.1) is 46.3 Å². The summed E-state index contributed by atoms with van der Waals surface area (Å²) in [4.78, 5) is 0. The molecule has 3 fully saturated rings. The Labute approximate surface area is 178 Å². The van der Waals surface area contributed by atoms with E-state index >= 15 is 4.39 Å². The van der Waals surface area contributed by atoms with Crippen LogP contribution in [0.4, 0.5) is 4.39 Å². The SMILES string of the molecule is CC(C)CCC[C@@H](C)[C@H]1CC[C@H]2[C@@H]3CC(F)=C4CC(O)CC[C@]4(C)[C@H]3CC[C@]12C. The third kappa shape index (κ3) is 3.64. The van der Waals surface area contributed by atoms with Crippen LogP contribution in [0.2, 0.25) is 0 Å². The minimum absolute atomic E-state index is 0.00846. The van der Waals surface area contributed by atoms with Gasteiger partial charge in [0.05, 0.1) is 6.10 Å². The molecule has 0 aromatic heterocycles. The van der Waals surface area contributed by atoms with Crippen molar-refractivity contribution in [2.75, 3.05) is 0 Å². The molecule has 8 atom stereocenters. The van der Waals surface area contributed by atoms with Crippen molar-refractivity contribution in [1.82, 2.24) is 0 Å². The first-order valence-electron chi connectivity index (χ1n) is 12.7. The number of allylic oxidation sites excluding steroid dienone is 1. The molecule has 4 rings (SSSR count). The zero-order chi connectivity index (χ0) is 21.0. The van der Waals surface area contributed by atoms with Crippen molar-refractivity contribution in [2.24, 2.45) is 46.3 Å². The fraction of sp³-hybridized carbons (Fsp3) is 0.926. The molecule has 0 spiro atoms. The van der Waals surface area contributed by atoms with Gasteiger partial charge >= 0.3 is 0 Å². The molecule has 2 heteroatoms. The molecule has 0 heterocycles. The summed E-state index contributed by atoms with van der Waals surface area (Å²) in [7, 11) is 0. The van der Waals surface area contributed by atoms with Crippen LogP contribution in [-0.4, -0.2) is 11.2 Å². The normalized spacial score (nSPS) is 45.7. The fourth-order valence-corrected chi connectivity index (χ4v) is 8.74. The lowest BCUT2D eigenvalue weighted by atomic mass is 9.46. The summed E-state index contributed by atoms with van der Waals surface area (Å²) in [6.45, 7) is 12.1. The topological polar surface area (TPSA) is 20.2 Å². The van der Waals surface area contributed by atoms with Crippen LogP contribution in [0.25, 0.3) is 0 Å². The third-order valence-electron chi connectivity index (χ3n) is 10.3. The largest absolute Gasteiger partial charge is 0.393 e. The predicted octanol–water partition coefficient (Wildman–Crippen LogP) is 7.69. The maximum absolute atomic E-state index is 15.4. The highest BCUT2D eigenvalue weighted by Crippen LogP contribution is 2.68. The molecule has 0 aliphatic heterocycles. The molecule has 166 valence electrons. The lowest BCUT2D eigenvalue weighted by Crippen LogP contribution is -2.51. The minimum atomic E-state index is -0.322. The zero-order valence-electron chi connectivity index (χ0n) is 19.6. The van der Waals surface area contributed by atoms with Gasteiger partial charge in [-0.15, -0.1) is 0 Å². The minimum Gasteiger partial charge on any atom is -0.393 e. The molecule has 1 nitrogen and oxygen atoms in total. The monoisotopic (exact) mass is 404 g/mol. The van der Waals surface area contributed by atoms with E-state index in [0.29, 0.717) is 36.0 Å². The fourth-order valence-electron chi connectivity index (χ4n) is 8.74. The molecule has 1 N–H and O–H groups in total. The molecule has 0 amide bonds. The van der Waals surface area contributed by atoms with Crippen LogP contribution < -0.4 is 0 Å². The number of halogens is 1. The molecular weight excluding hydrogens is 359 g/mol. The van der Waals surface area contributed by atoms with E-state index in [1.807, 2.05) is 0 Å². The summed E-state index contributed by atoms with van der Waals surface area (Å²) in [5, 5.41) is 10.2. The van der Waals surface area contributed by atoms with E-state index in [1.165, 1.54) is 44.9 Å². The second kappa shape index (κ2) is 7.95. The van der Waals surface area contributed by atoms with E-state index in [4.69, 9.17) is 0 Å². The predicted molar refractivity (Wildman–Crippen MR) is 119 cm³/mol. The first-order valence-corrected chi connectivity index (χ1v) is 12.7. The number of aliphatic hydroxyl groups is 1. The summed E-state index contributed by atoms with van der Waals surface area (Å²) in [6, 6.07) is 0. The van der Waals surface area contributed by atoms with Crippen LogP contribution in [0.1, 0.15) is 105 Å². The Bertz CT molecular complexity index is 638.